The van der Waals surface area contributed by atoms with Gasteiger partial charge in [-0.05, 0) is 78.9 Å². The van der Waals surface area contributed by atoms with E-state index in [1.54, 1.807) is 23.2 Å². The zero-order valence-electron chi connectivity index (χ0n) is 27.6. The monoisotopic (exact) mass is 675 g/mol. The fourth-order valence-corrected chi connectivity index (χ4v) is 7.42. The minimum absolute atomic E-state index is 0.0524. The summed E-state index contributed by atoms with van der Waals surface area (Å²) in [5.74, 6) is 0.946. The number of pyridine rings is 2. The third kappa shape index (κ3) is 7.20. The predicted octanol–water partition coefficient (Wildman–Crippen LogP) is 5.19. The number of phenolic OH excluding ortho intramolecular Hbond substituents is 1. The largest absolute Gasteiger partial charge is 0.506 e. The molecule has 3 fully saturated rings. The van der Waals surface area contributed by atoms with Gasteiger partial charge in [-0.2, -0.15) is 0 Å². The SMILES string of the molecule is O=C(O)N(C(c1ccccc1)c1cccc(OCc2ccc(CNC[C@@H](O)c3ccc(O)c4[nH]c(=O)ccc34)nc2)c1)[C@H]1CN2CCC1CC2. The molecule has 5 heterocycles. The number of rotatable bonds is 12. The molecule has 11 nitrogen and oxygen atoms in total. The van der Waals surface area contributed by atoms with Crippen LogP contribution in [0.5, 0.6) is 11.5 Å². The number of phenols is 1. The van der Waals surface area contributed by atoms with E-state index in [-0.39, 0.29) is 30.5 Å². The van der Waals surface area contributed by atoms with Crippen molar-refractivity contribution in [2.45, 2.75) is 44.2 Å². The second kappa shape index (κ2) is 14.7. The van der Waals surface area contributed by atoms with Gasteiger partial charge in [0.25, 0.3) is 0 Å². The molecule has 0 radical (unpaired) electrons. The highest BCUT2D eigenvalue weighted by Gasteiger charge is 2.43. The number of hydrogen-bond donors (Lipinski definition) is 5. The Kier molecular flexibility index (Phi) is 9.79. The molecule has 1 unspecified atom stereocenters. The van der Waals surface area contributed by atoms with Crippen molar-refractivity contribution in [2.75, 3.05) is 26.2 Å². The Bertz CT molecular complexity index is 1990. The average molecular weight is 676 g/mol. The molecule has 5 N–H and O–H groups in total. The highest BCUT2D eigenvalue weighted by Crippen LogP contribution is 2.39. The van der Waals surface area contributed by atoms with E-state index in [0.29, 0.717) is 34.7 Å². The molecule has 5 aromatic rings. The Balaban J connectivity index is 0.994. The Morgan fingerprint density at radius 2 is 1.80 bits per heavy atom. The lowest BCUT2D eigenvalue weighted by atomic mass is 9.81. The van der Waals surface area contributed by atoms with Crippen molar-refractivity contribution in [3.8, 4) is 11.5 Å². The Hall–Kier alpha value is -5.23. The molecule has 0 aliphatic carbocycles. The highest BCUT2D eigenvalue weighted by molar-refractivity contribution is 5.87. The Morgan fingerprint density at radius 3 is 2.52 bits per heavy atom. The van der Waals surface area contributed by atoms with Crippen molar-refractivity contribution in [1.82, 2.24) is 25.1 Å². The maximum Gasteiger partial charge on any atom is 0.408 e. The lowest BCUT2D eigenvalue weighted by Gasteiger charge is -2.50. The fraction of sp³-hybridized carbons (Fsp3) is 0.308. The van der Waals surface area contributed by atoms with Gasteiger partial charge in [0, 0.05) is 42.8 Å². The van der Waals surface area contributed by atoms with Gasteiger partial charge < -0.3 is 35.3 Å². The van der Waals surface area contributed by atoms with Gasteiger partial charge in [-0.3, -0.25) is 14.7 Å². The molecule has 11 heteroatoms. The number of aromatic amines is 1. The number of aliphatic hydroxyl groups excluding tert-OH is 1. The number of piperidine rings is 3. The van der Waals surface area contributed by atoms with Gasteiger partial charge in [0.05, 0.1) is 29.4 Å². The molecule has 3 saturated heterocycles. The molecule has 3 aliphatic heterocycles. The molecule has 8 rings (SSSR count). The van der Waals surface area contributed by atoms with E-state index in [1.165, 1.54) is 12.1 Å². The number of nitrogens with one attached hydrogen (secondary N) is 2. The zero-order chi connectivity index (χ0) is 34.6. The summed E-state index contributed by atoms with van der Waals surface area (Å²) in [6.45, 7) is 3.78. The summed E-state index contributed by atoms with van der Waals surface area (Å²) >= 11 is 0. The topological polar surface area (TPSA) is 151 Å². The molecule has 2 bridgehead atoms. The first-order valence-electron chi connectivity index (χ1n) is 17.0. The maximum absolute atomic E-state index is 13.0. The van der Waals surface area contributed by atoms with Crippen LogP contribution in [0.4, 0.5) is 4.79 Å². The number of aliphatic hydroxyl groups is 1. The second-order valence-electron chi connectivity index (χ2n) is 13.2. The standard InChI is InChI=1S/C39H41N5O6/c45-34-13-11-31(32-12-14-36(47)42-37(32)34)35(46)22-40-21-29-10-9-25(20-41-29)24-50-30-8-4-7-28(19-30)38(27-5-2-1-3-6-27)44(39(48)49)33-23-43-17-15-26(33)16-18-43/h1-14,19-20,26,33,35,38,40,45-46H,15-18,21-24H2,(H,42,47)(H,48,49)/t33-,35+,38?/m0/s1. The van der Waals surface area contributed by atoms with E-state index in [9.17, 15) is 24.9 Å². The van der Waals surface area contributed by atoms with Crippen molar-refractivity contribution in [1.29, 1.82) is 0 Å². The number of hydrogen-bond acceptors (Lipinski definition) is 8. The van der Waals surface area contributed by atoms with Crippen LogP contribution in [0.1, 0.15) is 52.9 Å². The van der Waals surface area contributed by atoms with Crippen LogP contribution < -0.4 is 15.6 Å². The third-order valence-electron chi connectivity index (χ3n) is 9.97. The van der Waals surface area contributed by atoms with E-state index in [0.717, 1.165) is 54.9 Å². The molecule has 2 aromatic heterocycles. The van der Waals surface area contributed by atoms with Gasteiger partial charge in [-0.1, -0.05) is 54.6 Å². The summed E-state index contributed by atoms with van der Waals surface area (Å²) in [5, 5.41) is 35.4. The molecule has 1 amide bonds. The summed E-state index contributed by atoms with van der Waals surface area (Å²) in [5.41, 5.74) is 4.02. The van der Waals surface area contributed by atoms with Crippen molar-refractivity contribution in [2.24, 2.45) is 5.92 Å². The lowest BCUT2D eigenvalue weighted by molar-refractivity contribution is -0.000812. The quantitative estimate of drug-likeness (QED) is 0.120. The van der Waals surface area contributed by atoms with E-state index >= 15 is 0 Å². The van der Waals surface area contributed by atoms with Gasteiger partial charge >= 0.3 is 6.09 Å². The number of carbonyl (C=O) groups is 1. The van der Waals surface area contributed by atoms with Gasteiger partial charge in [-0.15, -0.1) is 0 Å². The molecule has 50 heavy (non-hydrogen) atoms. The summed E-state index contributed by atoms with van der Waals surface area (Å²) in [4.78, 5) is 35.9. The molecular formula is C39H41N5O6. The van der Waals surface area contributed by atoms with Crippen molar-refractivity contribution in [3.63, 3.8) is 0 Å². The number of aromatic nitrogens is 2. The number of benzene rings is 3. The minimum atomic E-state index is -0.912. The van der Waals surface area contributed by atoms with E-state index < -0.39 is 18.2 Å². The van der Waals surface area contributed by atoms with Crippen molar-refractivity contribution >= 4 is 17.0 Å². The van der Waals surface area contributed by atoms with Crippen LogP contribution in [0.2, 0.25) is 0 Å². The number of aromatic hydroxyl groups is 1. The summed E-state index contributed by atoms with van der Waals surface area (Å²) in [6.07, 6.45) is 2.02. The third-order valence-corrected chi connectivity index (χ3v) is 9.97. The number of fused-ring (bicyclic) bond motifs is 4. The number of nitrogens with zero attached hydrogens (tertiary/aromatic N) is 3. The maximum atomic E-state index is 13.0. The summed E-state index contributed by atoms with van der Waals surface area (Å²) < 4.78 is 6.20. The van der Waals surface area contributed by atoms with E-state index in [4.69, 9.17) is 4.74 Å². The molecule has 0 spiro atoms. The molecule has 3 aliphatic rings. The zero-order valence-corrected chi connectivity index (χ0v) is 27.6. The molecule has 0 saturated carbocycles. The number of H-pyrrole nitrogens is 1. The minimum Gasteiger partial charge on any atom is -0.506 e. The van der Waals surface area contributed by atoms with Crippen molar-refractivity contribution < 1.29 is 24.9 Å². The number of carboxylic acid groups (broad SMARTS) is 1. The van der Waals surface area contributed by atoms with E-state index in [1.807, 2.05) is 66.7 Å². The highest BCUT2D eigenvalue weighted by atomic mass is 16.5. The molecular weight excluding hydrogens is 634 g/mol. The lowest BCUT2D eigenvalue weighted by Crippen LogP contribution is -2.59. The predicted molar refractivity (Wildman–Crippen MR) is 189 cm³/mol. The average Bonchev–Trinajstić information content (AvgIpc) is 3.14. The first-order valence-corrected chi connectivity index (χ1v) is 17.0. The van der Waals surface area contributed by atoms with Gasteiger partial charge in [-0.25, -0.2) is 4.79 Å². The molecule has 258 valence electrons. The van der Waals surface area contributed by atoms with Crippen LogP contribution in [-0.4, -0.2) is 73.4 Å². The van der Waals surface area contributed by atoms with Crippen LogP contribution in [0, 0.1) is 5.92 Å². The molecule has 3 aromatic carbocycles. The number of ether oxygens (including phenoxy) is 1. The molecule has 3 atom stereocenters. The van der Waals surface area contributed by atoms with Gasteiger partial charge in [0.15, 0.2) is 0 Å². The van der Waals surface area contributed by atoms with Crippen LogP contribution in [-0.2, 0) is 13.2 Å². The van der Waals surface area contributed by atoms with Crippen LogP contribution >= 0.6 is 0 Å². The van der Waals surface area contributed by atoms with Crippen LogP contribution in [0.15, 0.2) is 102 Å². The van der Waals surface area contributed by atoms with Gasteiger partial charge in [0.2, 0.25) is 5.56 Å². The summed E-state index contributed by atoms with van der Waals surface area (Å²) in [6, 6.07) is 26.9. The number of amides is 1. The Morgan fingerprint density at radius 1 is 1.00 bits per heavy atom. The van der Waals surface area contributed by atoms with Crippen LogP contribution in [0.25, 0.3) is 10.9 Å². The van der Waals surface area contributed by atoms with E-state index in [2.05, 4.69) is 20.2 Å². The first-order chi connectivity index (χ1) is 24.3. The fourth-order valence-electron chi connectivity index (χ4n) is 7.42. The second-order valence-corrected chi connectivity index (χ2v) is 13.2. The normalized spacial score (nSPS) is 19.6. The van der Waals surface area contributed by atoms with Crippen molar-refractivity contribution in [3.05, 3.63) is 135 Å². The van der Waals surface area contributed by atoms with Crippen LogP contribution in [0.3, 0.4) is 0 Å². The smallest absolute Gasteiger partial charge is 0.408 e. The Labute approximate surface area is 289 Å². The first kappa shape index (κ1) is 33.3. The van der Waals surface area contributed by atoms with Gasteiger partial charge in [0.1, 0.15) is 18.1 Å². The summed E-state index contributed by atoms with van der Waals surface area (Å²) in [7, 11) is 0.